The number of nitrogens with zero attached hydrogens (tertiary/aromatic N) is 1. The first-order chi connectivity index (χ1) is 10.3. The third-order valence-electron chi connectivity index (χ3n) is 2.68. The molecule has 0 saturated heterocycles. The maximum absolute atomic E-state index is 12.0. The summed E-state index contributed by atoms with van der Waals surface area (Å²) in [5.41, 5.74) is -0.400. The number of nitrogens with one attached hydrogen (secondary N) is 1. The van der Waals surface area contributed by atoms with Crippen LogP contribution in [0.3, 0.4) is 0 Å². The van der Waals surface area contributed by atoms with E-state index in [1.165, 1.54) is 6.20 Å². The third kappa shape index (κ3) is 3.51. The maximum Gasteiger partial charge on any atom is 0.356 e. The summed E-state index contributed by atoms with van der Waals surface area (Å²) in [6.45, 7) is 5.74. The molecular weight excluding hydrogens is 292 g/mol. The van der Waals surface area contributed by atoms with Crippen LogP contribution in [0.25, 0.3) is 0 Å². The Balaban J connectivity index is 3.48. The number of carbonyl (C=O) groups excluding carboxylic acids is 4. The van der Waals surface area contributed by atoms with E-state index in [9.17, 15) is 19.2 Å². The van der Waals surface area contributed by atoms with Gasteiger partial charge in [-0.25, -0.2) is 14.5 Å². The second kappa shape index (κ2) is 7.39. The molecule has 1 aromatic rings. The van der Waals surface area contributed by atoms with E-state index >= 15 is 0 Å². The number of hydrogen-bond acceptors (Lipinski definition) is 6. The number of aromatic nitrogens is 1. The first-order valence-corrected chi connectivity index (χ1v) is 6.71. The average molecular weight is 310 g/mol. The van der Waals surface area contributed by atoms with Gasteiger partial charge in [-0.15, -0.1) is 0 Å². The van der Waals surface area contributed by atoms with Crippen molar-refractivity contribution in [2.24, 2.45) is 0 Å². The van der Waals surface area contributed by atoms with Crippen molar-refractivity contribution in [3.63, 3.8) is 0 Å². The molecule has 0 spiro atoms. The van der Waals surface area contributed by atoms with E-state index in [0.717, 1.165) is 18.7 Å². The van der Waals surface area contributed by atoms with Crippen LogP contribution < -0.4 is 4.90 Å². The monoisotopic (exact) mass is 310 g/mol. The predicted octanol–water partition coefficient (Wildman–Crippen LogP) is 1.27. The summed E-state index contributed by atoms with van der Waals surface area (Å²) in [4.78, 5) is 50.7. The minimum Gasteiger partial charge on any atom is -0.462 e. The van der Waals surface area contributed by atoms with E-state index in [1.54, 1.807) is 13.8 Å². The number of ether oxygens (including phenoxy) is 2. The SMILES string of the molecule is CCOC(=O)c1c[nH]c(C(=O)OCC)c1N(C(C)=O)C(C)=O. The van der Waals surface area contributed by atoms with Crippen LogP contribution in [-0.4, -0.2) is 42.0 Å². The summed E-state index contributed by atoms with van der Waals surface area (Å²) in [5.74, 6) is -2.80. The van der Waals surface area contributed by atoms with Crippen LogP contribution in [0.4, 0.5) is 5.69 Å². The molecule has 0 fully saturated rings. The Bertz CT molecular complexity index is 555. The van der Waals surface area contributed by atoms with Gasteiger partial charge in [0.2, 0.25) is 11.8 Å². The molecule has 0 atom stereocenters. The Hall–Kier alpha value is -2.64. The van der Waals surface area contributed by atoms with Gasteiger partial charge in [0.25, 0.3) is 0 Å². The molecule has 1 rings (SSSR count). The fraction of sp³-hybridized carbons (Fsp3) is 0.429. The summed E-state index contributed by atoms with van der Waals surface area (Å²) < 4.78 is 9.73. The first kappa shape index (κ1) is 17.4. The number of H-pyrrole nitrogens is 1. The summed E-state index contributed by atoms with van der Waals surface area (Å²) in [6.07, 6.45) is 1.21. The van der Waals surface area contributed by atoms with Gasteiger partial charge in [-0.3, -0.25) is 9.59 Å². The maximum atomic E-state index is 12.0. The van der Waals surface area contributed by atoms with Gasteiger partial charge in [0.15, 0.2) is 0 Å². The van der Waals surface area contributed by atoms with Crippen LogP contribution in [0.1, 0.15) is 48.5 Å². The smallest absolute Gasteiger partial charge is 0.356 e. The summed E-state index contributed by atoms with van der Waals surface area (Å²) >= 11 is 0. The number of amides is 2. The molecule has 0 saturated carbocycles. The molecule has 1 aromatic heterocycles. The lowest BCUT2D eigenvalue weighted by atomic mass is 10.2. The van der Waals surface area contributed by atoms with Crippen LogP contribution in [-0.2, 0) is 19.1 Å². The van der Waals surface area contributed by atoms with Crippen LogP contribution in [0, 0.1) is 0 Å². The number of anilines is 1. The lowest BCUT2D eigenvalue weighted by Crippen LogP contribution is -2.35. The van der Waals surface area contributed by atoms with Crippen molar-refractivity contribution in [3.8, 4) is 0 Å². The number of aromatic amines is 1. The van der Waals surface area contributed by atoms with Crippen molar-refractivity contribution in [2.45, 2.75) is 27.7 Å². The molecule has 0 aromatic carbocycles. The Morgan fingerprint density at radius 2 is 1.50 bits per heavy atom. The fourth-order valence-corrected chi connectivity index (χ4v) is 1.91. The topological polar surface area (TPSA) is 106 Å². The molecule has 120 valence electrons. The summed E-state index contributed by atoms with van der Waals surface area (Å²) in [5, 5.41) is 0. The third-order valence-corrected chi connectivity index (χ3v) is 2.68. The van der Waals surface area contributed by atoms with Gasteiger partial charge in [-0.1, -0.05) is 0 Å². The van der Waals surface area contributed by atoms with Gasteiger partial charge in [0.1, 0.15) is 11.3 Å². The van der Waals surface area contributed by atoms with Gasteiger partial charge in [-0.05, 0) is 13.8 Å². The molecule has 0 aliphatic carbocycles. The summed E-state index contributed by atoms with van der Waals surface area (Å²) in [7, 11) is 0. The number of rotatable bonds is 5. The van der Waals surface area contributed by atoms with Crippen molar-refractivity contribution in [1.82, 2.24) is 4.98 Å². The van der Waals surface area contributed by atoms with Crippen molar-refractivity contribution in [2.75, 3.05) is 18.1 Å². The molecular formula is C14H18N2O6. The number of carbonyl (C=O) groups is 4. The molecule has 22 heavy (non-hydrogen) atoms. The Labute approximate surface area is 127 Å². The molecule has 1 heterocycles. The van der Waals surface area contributed by atoms with Gasteiger partial charge in [0, 0.05) is 20.0 Å². The molecule has 8 nitrogen and oxygen atoms in total. The van der Waals surface area contributed by atoms with Crippen LogP contribution in [0.15, 0.2) is 6.20 Å². The lowest BCUT2D eigenvalue weighted by molar-refractivity contribution is -0.124. The van der Waals surface area contributed by atoms with Gasteiger partial charge >= 0.3 is 11.9 Å². The molecule has 0 unspecified atom stereocenters. The highest BCUT2D eigenvalue weighted by atomic mass is 16.5. The second-order valence-corrected chi connectivity index (χ2v) is 4.24. The van der Waals surface area contributed by atoms with Gasteiger partial charge in [-0.2, -0.15) is 0 Å². The normalized spacial score (nSPS) is 10.0. The van der Waals surface area contributed by atoms with Crippen LogP contribution in [0.5, 0.6) is 0 Å². The van der Waals surface area contributed by atoms with E-state index in [4.69, 9.17) is 9.47 Å². The quantitative estimate of drug-likeness (QED) is 0.821. The standard InChI is InChI=1S/C14H18N2O6/c1-5-21-13(19)10-7-15-11(14(20)22-6-2)12(10)16(8(3)17)9(4)18/h7,15H,5-6H2,1-4H3. The Kier molecular flexibility index (Phi) is 5.85. The van der Waals surface area contributed by atoms with Crippen molar-refractivity contribution in [3.05, 3.63) is 17.5 Å². The number of imide groups is 1. The van der Waals surface area contributed by atoms with Gasteiger partial charge < -0.3 is 14.5 Å². The number of esters is 2. The number of hydrogen-bond donors (Lipinski definition) is 1. The van der Waals surface area contributed by atoms with E-state index < -0.39 is 23.8 Å². The molecule has 0 bridgehead atoms. The molecule has 0 aliphatic rings. The highest BCUT2D eigenvalue weighted by Crippen LogP contribution is 2.27. The minimum atomic E-state index is -0.777. The van der Waals surface area contributed by atoms with E-state index in [0.29, 0.717) is 0 Å². The van der Waals surface area contributed by atoms with Crippen LogP contribution in [0.2, 0.25) is 0 Å². The Morgan fingerprint density at radius 3 is 1.95 bits per heavy atom. The average Bonchev–Trinajstić information content (AvgIpc) is 2.83. The highest BCUT2D eigenvalue weighted by Gasteiger charge is 2.31. The zero-order valence-corrected chi connectivity index (χ0v) is 12.9. The van der Waals surface area contributed by atoms with Gasteiger partial charge in [0.05, 0.1) is 18.9 Å². The fourth-order valence-electron chi connectivity index (χ4n) is 1.91. The molecule has 0 radical (unpaired) electrons. The zero-order valence-electron chi connectivity index (χ0n) is 12.9. The van der Waals surface area contributed by atoms with E-state index in [-0.39, 0.29) is 30.2 Å². The Morgan fingerprint density at radius 1 is 1.00 bits per heavy atom. The zero-order chi connectivity index (χ0) is 16.9. The van der Waals surface area contributed by atoms with E-state index in [2.05, 4.69) is 4.98 Å². The lowest BCUT2D eigenvalue weighted by Gasteiger charge is -2.18. The van der Waals surface area contributed by atoms with E-state index in [1.807, 2.05) is 0 Å². The molecule has 1 N–H and O–H groups in total. The highest BCUT2D eigenvalue weighted by molar-refractivity contribution is 6.19. The second-order valence-electron chi connectivity index (χ2n) is 4.24. The largest absolute Gasteiger partial charge is 0.462 e. The van der Waals surface area contributed by atoms with Crippen molar-refractivity contribution >= 4 is 29.4 Å². The minimum absolute atomic E-state index is 0.0877. The van der Waals surface area contributed by atoms with Crippen molar-refractivity contribution < 1.29 is 28.7 Å². The molecule has 0 aliphatic heterocycles. The predicted molar refractivity (Wildman–Crippen MR) is 76.5 cm³/mol. The molecule has 8 heteroatoms. The van der Waals surface area contributed by atoms with Crippen molar-refractivity contribution in [1.29, 1.82) is 0 Å². The first-order valence-electron chi connectivity index (χ1n) is 6.71. The molecule has 2 amide bonds. The summed E-state index contributed by atoms with van der Waals surface area (Å²) in [6, 6.07) is 0. The van der Waals surface area contributed by atoms with Crippen LogP contribution >= 0.6 is 0 Å².